The highest BCUT2D eigenvalue weighted by Crippen LogP contribution is 2.25. The van der Waals surface area contributed by atoms with Gasteiger partial charge in [-0.15, -0.1) is 0 Å². The topological polar surface area (TPSA) is 70.8 Å². The molecular formula is C15H24N2O4S. The van der Waals surface area contributed by atoms with Gasteiger partial charge in [-0.3, -0.25) is 4.79 Å². The lowest BCUT2D eigenvalue weighted by molar-refractivity contribution is 0.0747. The van der Waals surface area contributed by atoms with Gasteiger partial charge in [0.1, 0.15) is 11.5 Å². The first-order valence-electron chi connectivity index (χ1n) is 7.43. The summed E-state index contributed by atoms with van der Waals surface area (Å²) in [6.45, 7) is 3.51. The van der Waals surface area contributed by atoms with Gasteiger partial charge in [0.25, 0.3) is 5.91 Å². The fourth-order valence-electron chi connectivity index (χ4n) is 2.99. The summed E-state index contributed by atoms with van der Waals surface area (Å²) in [6, 6.07) is 3.47. The van der Waals surface area contributed by atoms with Gasteiger partial charge < -0.3 is 14.2 Å². The van der Waals surface area contributed by atoms with Crippen LogP contribution < -0.4 is 0 Å². The average molecular weight is 328 g/mol. The van der Waals surface area contributed by atoms with Crippen LogP contribution in [0.15, 0.2) is 16.5 Å². The van der Waals surface area contributed by atoms with Crippen LogP contribution >= 0.6 is 0 Å². The Balaban J connectivity index is 2.09. The van der Waals surface area contributed by atoms with Crippen LogP contribution in [0.2, 0.25) is 0 Å². The molecule has 1 aliphatic heterocycles. The molecule has 1 aliphatic rings. The summed E-state index contributed by atoms with van der Waals surface area (Å²) in [4.78, 5) is 16.5. The van der Waals surface area contributed by atoms with Gasteiger partial charge in [-0.2, -0.15) is 0 Å². The van der Waals surface area contributed by atoms with Crippen molar-refractivity contribution in [2.75, 3.05) is 33.4 Å². The zero-order valence-corrected chi connectivity index (χ0v) is 14.4. The molecule has 0 N–H and O–H groups in total. The van der Waals surface area contributed by atoms with E-state index in [9.17, 15) is 13.2 Å². The number of likely N-dealkylation sites (N-methyl/N-ethyl adjacent to an activating group) is 1. The van der Waals surface area contributed by atoms with Crippen LogP contribution in [0, 0.1) is 5.92 Å². The Morgan fingerprint density at radius 3 is 2.55 bits per heavy atom. The lowest BCUT2D eigenvalue weighted by Gasteiger charge is -2.23. The highest BCUT2D eigenvalue weighted by molar-refractivity contribution is 7.89. The third kappa shape index (κ3) is 3.89. The molecule has 0 radical (unpaired) electrons. The molecular weight excluding hydrogens is 304 g/mol. The Hall–Kier alpha value is -1.34. The molecule has 1 saturated heterocycles. The first-order valence-corrected chi connectivity index (χ1v) is 9.49. The minimum atomic E-state index is -3.17. The number of carbonyl (C=O) groups is 1. The summed E-state index contributed by atoms with van der Waals surface area (Å²) >= 11 is 0. The first-order chi connectivity index (χ1) is 10.2. The molecule has 22 heavy (non-hydrogen) atoms. The van der Waals surface area contributed by atoms with Gasteiger partial charge in [0, 0.05) is 25.4 Å². The monoisotopic (exact) mass is 328 g/mol. The molecule has 7 heteroatoms. The summed E-state index contributed by atoms with van der Waals surface area (Å²) in [7, 11) is 0.886. The van der Waals surface area contributed by atoms with Crippen molar-refractivity contribution < 1.29 is 17.6 Å². The Morgan fingerprint density at radius 2 is 2.05 bits per heavy atom. The third-order valence-electron chi connectivity index (χ3n) is 4.16. The van der Waals surface area contributed by atoms with Crippen molar-refractivity contribution in [2.24, 2.45) is 5.92 Å². The minimum Gasteiger partial charge on any atom is -0.455 e. The summed E-state index contributed by atoms with van der Waals surface area (Å²) in [5.41, 5.74) is 0. The lowest BCUT2D eigenvalue weighted by atomic mass is 10.0. The van der Waals surface area contributed by atoms with Crippen LogP contribution in [0.4, 0.5) is 0 Å². The summed E-state index contributed by atoms with van der Waals surface area (Å²) in [6.07, 6.45) is 2.16. The Bertz CT molecular complexity index is 636. The minimum absolute atomic E-state index is 0.164. The Labute approximate surface area is 132 Å². The van der Waals surface area contributed by atoms with Crippen molar-refractivity contribution in [1.82, 2.24) is 9.80 Å². The predicted molar refractivity (Wildman–Crippen MR) is 84.4 cm³/mol. The van der Waals surface area contributed by atoms with E-state index >= 15 is 0 Å². The maximum Gasteiger partial charge on any atom is 0.289 e. The second-order valence-electron chi connectivity index (χ2n) is 6.25. The molecule has 0 aliphatic carbocycles. The number of sulfone groups is 1. The fourth-order valence-corrected chi connectivity index (χ4v) is 3.66. The van der Waals surface area contributed by atoms with Crippen LogP contribution in [-0.2, 0) is 15.6 Å². The van der Waals surface area contributed by atoms with E-state index in [-0.39, 0.29) is 17.4 Å². The smallest absolute Gasteiger partial charge is 0.289 e. The Morgan fingerprint density at radius 1 is 1.36 bits per heavy atom. The van der Waals surface area contributed by atoms with Crippen LogP contribution in [-0.4, -0.2) is 63.6 Å². The van der Waals surface area contributed by atoms with E-state index in [0.717, 1.165) is 12.7 Å². The molecule has 0 bridgehead atoms. The molecule has 1 aromatic heterocycles. The number of likely N-dealkylation sites (tertiary alicyclic amines) is 1. The molecule has 1 amide bonds. The van der Waals surface area contributed by atoms with Gasteiger partial charge in [-0.05, 0) is 32.1 Å². The predicted octanol–water partition coefficient (Wildman–Crippen LogP) is 1.24. The van der Waals surface area contributed by atoms with E-state index in [2.05, 4.69) is 11.8 Å². The van der Waals surface area contributed by atoms with Gasteiger partial charge in [-0.25, -0.2) is 8.42 Å². The van der Waals surface area contributed by atoms with Gasteiger partial charge in [0.2, 0.25) is 0 Å². The molecule has 124 valence electrons. The lowest BCUT2D eigenvalue weighted by Crippen LogP contribution is -2.36. The third-order valence-corrected chi connectivity index (χ3v) is 4.97. The normalized spacial score (nSPS) is 22.5. The molecule has 0 saturated carbocycles. The van der Waals surface area contributed by atoms with Crippen LogP contribution in [0.3, 0.4) is 0 Å². The van der Waals surface area contributed by atoms with E-state index < -0.39 is 9.84 Å². The summed E-state index contributed by atoms with van der Waals surface area (Å²) in [5.74, 6) is 0.624. The van der Waals surface area contributed by atoms with Crippen molar-refractivity contribution in [3.8, 4) is 0 Å². The average Bonchev–Trinajstić information content (AvgIpc) is 3.02. The quantitative estimate of drug-likeness (QED) is 0.813. The number of amides is 1. The zero-order chi connectivity index (χ0) is 16.5. The van der Waals surface area contributed by atoms with E-state index in [1.807, 2.05) is 14.1 Å². The van der Waals surface area contributed by atoms with Crippen molar-refractivity contribution in [3.05, 3.63) is 23.7 Å². The Kier molecular flexibility index (Phi) is 4.97. The second-order valence-corrected chi connectivity index (χ2v) is 8.39. The molecule has 2 atom stereocenters. The molecule has 0 spiro atoms. The number of hydrogen-bond donors (Lipinski definition) is 0. The largest absolute Gasteiger partial charge is 0.455 e. The van der Waals surface area contributed by atoms with E-state index in [4.69, 9.17) is 4.42 Å². The zero-order valence-electron chi connectivity index (χ0n) is 13.6. The molecule has 2 heterocycles. The van der Waals surface area contributed by atoms with E-state index in [0.29, 0.717) is 30.8 Å². The number of furan rings is 1. The molecule has 0 aromatic carbocycles. The SMILES string of the molecule is CC[C@H]1CN(C(=O)c2ccc(CS(C)(=O)=O)o2)C[C@H]1N(C)C. The van der Waals surface area contributed by atoms with Gasteiger partial charge in [0.15, 0.2) is 15.6 Å². The highest BCUT2D eigenvalue weighted by atomic mass is 32.2. The molecule has 0 unspecified atom stereocenters. The fraction of sp³-hybridized carbons (Fsp3) is 0.667. The number of hydrogen-bond acceptors (Lipinski definition) is 5. The van der Waals surface area contributed by atoms with E-state index in [1.54, 1.807) is 17.0 Å². The highest BCUT2D eigenvalue weighted by Gasteiger charge is 2.36. The van der Waals surface area contributed by atoms with Crippen LogP contribution in [0.5, 0.6) is 0 Å². The maximum atomic E-state index is 12.5. The van der Waals surface area contributed by atoms with Crippen molar-refractivity contribution in [2.45, 2.75) is 25.1 Å². The summed E-state index contributed by atoms with van der Waals surface area (Å²) < 4.78 is 28.0. The standard InChI is InChI=1S/C15H24N2O4S/c1-5-11-8-17(9-13(11)16(2)3)15(18)14-7-6-12(21-14)10-22(4,19)20/h6-7,11,13H,5,8-10H2,1-4H3/t11-,13+/m0/s1. The second kappa shape index (κ2) is 6.42. The van der Waals surface area contributed by atoms with Crippen molar-refractivity contribution in [1.29, 1.82) is 0 Å². The van der Waals surface area contributed by atoms with Gasteiger partial charge in [-0.1, -0.05) is 13.3 Å². The molecule has 1 fully saturated rings. The van der Waals surface area contributed by atoms with Gasteiger partial charge >= 0.3 is 0 Å². The first kappa shape index (κ1) is 17.0. The van der Waals surface area contributed by atoms with Crippen LogP contribution in [0.25, 0.3) is 0 Å². The number of carbonyl (C=O) groups excluding carboxylic acids is 1. The van der Waals surface area contributed by atoms with Crippen molar-refractivity contribution in [3.63, 3.8) is 0 Å². The summed E-state index contributed by atoms with van der Waals surface area (Å²) in [5, 5.41) is 0. The van der Waals surface area contributed by atoms with Gasteiger partial charge in [0.05, 0.1) is 0 Å². The number of nitrogens with zero attached hydrogens (tertiary/aromatic N) is 2. The molecule has 6 nitrogen and oxygen atoms in total. The van der Waals surface area contributed by atoms with Crippen LogP contribution in [0.1, 0.15) is 29.7 Å². The molecule has 1 aromatic rings. The molecule has 2 rings (SSSR count). The number of rotatable bonds is 5. The van der Waals surface area contributed by atoms with E-state index in [1.165, 1.54) is 0 Å². The van der Waals surface area contributed by atoms with Crippen molar-refractivity contribution >= 4 is 15.7 Å². The maximum absolute atomic E-state index is 12.5.